The van der Waals surface area contributed by atoms with Crippen molar-refractivity contribution in [3.8, 4) is 17.2 Å². The molecule has 1 atom stereocenters. The molecule has 0 bridgehead atoms. The van der Waals surface area contributed by atoms with Crippen LogP contribution in [0.1, 0.15) is 18.2 Å². The number of nitrogens with zero attached hydrogens (tertiary/aromatic N) is 1. The molecule has 0 aliphatic carbocycles. The van der Waals surface area contributed by atoms with Gasteiger partial charge in [-0.1, -0.05) is 23.7 Å². The second kappa shape index (κ2) is 10.4. The van der Waals surface area contributed by atoms with Crippen LogP contribution >= 0.6 is 23.4 Å². The molecule has 1 amide bonds. The molecule has 7 heteroatoms. The first-order valence-corrected chi connectivity index (χ1v) is 10.7. The van der Waals surface area contributed by atoms with Crippen molar-refractivity contribution in [1.82, 2.24) is 10.3 Å². The number of ether oxygens (including phenoxy) is 1. The zero-order valence-corrected chi connectivity index (χ0v) is 17.9. The average molecular weight is 431 g/mol. The maximum atomic E-state index is 12.3. The lowest BCUT2D eigenvalue weighted by Gasteiger charge is -2.11. The molecule has 1 unspecified atom stereocenters. The van der Waals surface area contributed by atoms with Crippen LogP contribution < -0.4 is 10.1 Å². The van der Waals surface area contributed by atoms with Crippen LogP contribution in [0.4, 0.5) is 0 Å². The topological polar surface area (TPSA) is 64.4 Å². The molecule has 29 heavy (non-hydrogen) atoms. The first kappa shape index (κ1) is 21.3. The van der Waals surface area contributed by atoms with Crippen LogP contribution in [0.25, 0.3) is 11.5 Å². The number of nitrogens with one attached hydrogen (secondary N) is 1. The van der Waals surface area contributed by atoms with E-state index in [0.717, 1.165) is 29.0 Å². The number of hydrogen-bond donors (Lipinski definition) is 1. The zero-order chi connectivity index (χ0) is 20.6. The molecule has 0 fully saturated rings. The Bertz CT molecular complexity index is 926. The van der Waals surface area contributed by atoms with E-state index in [-0.39, 0.29) is 11.2 Å². The average Bonchev–Trinajstić information content (AvgIpc) is 3.22. The van der Waals surface area contributed by atoms with Crippen LogP contribution in [-0.4, -0.2) is 29.8 Å². The van der Waals surface area contributed by atoms with Gasteiger partial charge in [-0.15, -0.1) is 11.8 Å². The summed E-state index contributed by atoms with van der Waals surface area (Å²) in [7, 11) is 1.64. The Morgan fingerprint density at radius 1 is 1.21 bits per heavy atom. The number of rotatable bonds is 9. The summed E-state index contributed by atoms with van der Waals surface area (Å²) >= 11 is 7.43. The molecular weight excluding hydrogens is 408 g/mol. The SMILES string of the molecule is COc1ccc(CCNC(=O)C(C)SCc2coc(-c3ccc(Cl)cc3)n2)cc1. The minimum Gasteiger partial charge on any atom is -0.497 e. The van der Waals surface area contributed by atoms with Gasteiger partial charge in [0, 0.05) is 22.9 Å². The summed E-state index contributed by atoms with van der Waals surface area (Å²) in [5.74, 6) is 2.00. The first-order chi connectivity index (χ1) is 14.0. The van der Waals surface area contributed by atoms with Gasteiger partial charge in [-0.05, 0) is 55.3 Å². The molecule has 0 aliphatic rings. The molecule has 0 radical (unpaired) electrons. The van der Waals surface area contributed by atoms with Crippen molar-refractivity contribution in [2.75, 3.05) is 13.7 Å². The van der Waals surface area contributed by atoms with E-state index >= 15 is 0 Å². The molecule has 3 rings (SSSR count). The van der Waals surface area contributed by atoms with Crippen molar-refractivity contribution in [2.45, 2.75) is 24.3 Å². The number of thioether (sulfide) groups is 1. The summed E-state index contributed by atoms with van der Waals surface area (Å²) < 4.78 is 10.7. The highest BCUT2D eigenvalue weighted by Gasteiger charge is 2.15. The summed E-state index contributed by atoms with van der Waals surface area (Å²) in [5, 5.41) is 3.47. The molecule has 1 heterocycles. The minimum absolute atomic E-state index is 0.0185. The van der Waals surface area contributed by atoms with Gasteiger partial charge in [0.2, 0.25) is 11.8 Å². The van der Waals surface area contributed by atoms with Crippen molar-refractivity contribution in [2.24, 2.45) is 0 Å². The normalized spacial score (nSPS) is 11.8. The summed E-state index contributed by atoms with van der Waals surface area (Å²) in [6.07, 6.45) is 2.41. The Morgan fingerprint density at radius 2 is 1.93 bits per heavy atom. The standard InChI is InChI=1S/C22H23ClN2O3S/c1-15(21(26)24-12-11-16-3-9-20(27-2)10-4-16)29-14-19-13-28-22(25-19)17-5-7-18(23)8-6-17/h3-10,13,15H,11-12,14H2,1-2H3,(H,24,26). The maximum Gasteiger partial charge on any atom is 0.232 e. The van der Waals surface area contributed by atoms with Gasteiger partial charge in [0.25, 0.3) is 0 Å². The quantitative estimate of drug-likeness (QED) is 0.518. The highest BCUT2D eigenvalue weighted by Crippen LogP contribution is 2.23. The monoisotopic (exact) mass is 430 g/mol. The van der Waals surface area contributed by atoms with E-state index in [1.54, 1.807) is 25.5 Å². The predicted octanol–water partition coefficient (Wildman–Crippen LogP) is 4.98. The van der Waals surface area contributed by atoms with E-state index < -0.39 is 0 Å². The zero-order valence-electron chi connectivity index (χ0n) is 16.4. The fraction of sp³-hybridized carbons (Fsp3) is 0.273. The number of aromatic nitrogens is 1. The van der Waals surface area contributed by atoms with Gasteiger partial charge < -0.3 is 14.5 Å². The number of methoxy groups -OCH3 is 1. The van der Waals surface area contributed by atoms with Gasteiger partial charge >= 0.3 is 0 Å². The Morgan fingerprint density at radius 3 is 2.62 bits per heavy atom. The number of halogens is 1. The number of carbonyl (C=O) groups excluding carboxylic acids is 1. The Labute approximate surface area is 179 Å². The number of oxazole rings is 1. The van der Waals surface area contributed by atoms with Crippen molar-refractivity contribution < 1.29 is 13.9 Å². The smallest absolute Gasteiger partial charge is 0.232 e. The molecule has 0 saturated heterocycles. The predicted molar refractivity (Wildman–Crippen MR) is 117 cm³/mol. The van der Waals surface area contributed by atoms with E-state index in [4.69, 9.17) is 20.8 Å². The Balaban J connectivity index is 1.42. The third-order valence-electron chi connectivity index (χ3n) is 4.37. The molecular formula is C22H23ClN2O3S. The molecule has 0 spiro atoms. The number of benzene rings is 2. The molecule has 2 aromatic carbocycles. The molecule has 1 aromatic heterocycles. The van der Waals surface area contributed by atoms with E-state index in [2.05, 4.69) is 10.3 Å². The summed E-state index contributed by atoms with van der Waals surface area (Å²) in [5.41, 5.74) is 2.83. The second-order valence-electron chi connectivity index (χ2n) is 6.49. The Kier molecular flexibility index (Phi) is 7.61. The Hall–Kier alpha value is -2.44. The van der Waals surface area contributed by atoms with Gasteiger partial charge in [-0.2, -0.15) is 0 Å². The lowest BCUT2D eigenvalue weighted by Crippen LogP contribution is -2.32. The van der Waals surface area contributed by atoms with Crippen LogP contribution in [0.5, 0.6) is 5.75 Å². The maximum absolute atomic E-state index is 12.3. The van der Waals surface area contributed by atoms with Gasteiger partial charge in [-0.25, -0.2) is 4.98 Å². The number of carbonyl (C=O) groups is 1. The van der Waals surface area contributed by atoms with E-state index in [9.17, 15) is 4.79 Å². The van der Waals surface area contributed by atoms with E-state index in [1.165, 1.54) is 11.8 Å². The molecule has 152 valence electrons. The van der Waals surface area contributed by atoms with Crippen molar-refractivity contribution in [1.29, 1.82) is 0 Å². The van der Waals surface area contributed by atoms with Crippen molar-refractivity contribution in [3.63, 3.8) is 0 Å². The summed E-state index contributed by atoms with van der Waals surface area (Å²) in [6, 6.07) is 15.2. The van der Waals surface area contributed by atoms with Gasteiger partial charge in [0.15, 0.2) is 0 Å². The lowest BCUT2D eigenvalue weighted by atomic mass is 10.1. The van der Waals surface area contributed by atoms with Crippen LogP contribution in [0.3, 0.4) is 0 Å². The third-order valence-corrected chi connectivity index (χ3v) is 5.79. The largest absolute Gasteiger partial charge is 0.497 e. The molecule has 5 nitrogen and oxygen atoms in total. The molecule has 1 N–H and O–H groups in total. The fourth-order valence-corrected chi connectivity index (χ4v) is 3.56. The first-order valence-electron chi connectivity index (χ1n) is 9.27. The van der Waals surface area contributed by atoms with Gasteiger partial charge in [-0.3, -0.25) is 4.79 Å². The van der Waals surface area contributed by atoms with Crippen LogP contribution in [0.2, 0.25) is 5.02 Å². The molecule has 3 aromatic rings. The molecule has 0 aliphatic heterocycles. The van der Waals surface area contributed by atoms with Gasteiger partial charge in [0.05, 0.1) is 18.1 Å². The number of hydrogen-bond acceptors (Lipinski definition) is 5. The van der Waals surface area contributed by atoms with Crippen LogP contribution in [0, 0.1) is 0 Å². The highest BCUT2D eigenvalue weighted by atomic mass is 35.5. The van der Waals surface area contributed by atoms with Crippen LogP contribution in [-0.2, 0) is 17.0 Å². The summed E-state index contributed by atoms with van der Waals surface area (Å²) in [4.78, 5) is 16.8. The third kappa shape index (κ3) is 6.27. The van der Waals surface area contributed by atoms with Crippen molar-refractivity contribution >= 4 is 29.3 Å². The number of amides is 1. The highest BCUT2D eigenvalue weighted by molar-refractivity contribution is 7.99. The van der Waals surface area contributed by atoms with Crippen molar-refractivity contribution in [3.05, 3.63) is 71.1 Å². The fourth-order valence-electron chi connectivity index (χ4n) is 2.65. The lowest BCUT2D eigenvalue weighted by molar-refractivity contribution is -0.120. The van der Waals surface area contributed by atoms with E-state index in [1.807, 2.05) is 43.3 Å². The minimum atomic E-state index is -0.179. The van der Waals surface area contributed by atoms with Gasteiger partial charge in [0.1, 0.15) is 12.0 Å². The van der Waals surface area contributed by atoms with Crippen LogP contribution in [0.15, 0.2) is 59.2 Å². The summed E-state index contributed by atoms with van der Waals surface area (Å²) in [6.45, 7) is 2.49. The van der Waals surface area contributed by atoms with E-state index in [0.29, 0.717) is 23.2 Å². The second-order valence-corrected chi connectivity index (χ2v) is 8.26. The molecule has 0 saturated carbocycles.